The zero-order valence-corrected chi connectivity index (χ0v) is 21.4. The van der Waals surface area contributed by atoms with Crippen LogP contribution in [0.3, 0.4) is 0 Å². The highest BCUT2D eigenvalue weighted by Gasteiger charge is 2.61. The average molecular weight is 550 g/mol. The van der Waals surface area contributed by atoms with Crippen molar-refractivity contribution in [3.05, 3.63) is 86.5 Å². The van der Waals surface area contributed by atoms with E-state index in [1.807, 2.05) is 0 Å². The van der Waals surface area contributed by atoms with Crippen molar-refractivity contribution in [2.45, 2.75) is 12.1 Å². The van der Waals surface area contributed by atoms with Gasteiger partial charge in [-0.3, -0.25) is 34.7 Å². The fraction of sp³-hybridized carbons (Fsp3) is 0.231. The van der Waals surface area contributed by atoms with Gasteiger partial charge in [0.1, 0.15) is 12.0 Å². The molecule has 14 heteroatoms. The van der Waals surface area contributed by atoms with E-state index in [9.17, 15) is 29.8 Å². The summed E-state index contributed by atoms with van der Waals surface area (Å²) in [6, 6.07) is 12.8. The number of rotatable bonds is 8. The van der Waals surface area contributed by atoms with Crippen molar-refractivity contribution in [2.75, 3.05) is 31.3 Å². The summed E-state index contributed by atoms with van der Waals surface area (Å²) >= 11 is 0. The van der Waals surface area contributed by atoms with Crippen LogP contribution in [-0.2, 0) is 14.4 Å². The number of anilines is 2. The monoisotopic (exact) mass is 550 g/mol. The van der Waals surface area contributed by atoms with Crippen LogP contribution < -0.4 is 24.2 Å². The van der Waals surface area contributed by atoms with Gasteiger partial charge in [0.2, 0.25) is 11.7 Å². The van der Waals surface area contributed by atoms with Crippen molar-refractivity contribution in [3.8, 4) is 17.2 Å². The average Bonchev–Trinajstić information content (AvgIpc) is 3.47. The van der Waals surface area contributed by atoms with E-state index in [0.29, 0.717) is 11.3 Å². The van der Waals surface area contributed by atoms with Crippen molar-refractivity contribution in [3.63, 3.8) is 0 Å². The zero-order chi connectivity index (χ0) is 28.7. The molecule has 2 aliphatic heterocycles. The minimum atomic E-state index is -1.30. The predicted octanol–water partition coefficient (Wildman–Crippen LogP) is 3.58. The van der Waals surface area contributed by atoms with Gasteiger partial charge >= 0.3 is 0 Å². The topological polar surface area (TPSA) is 164 Å². The third kappa shape index (κ3) is 4.10. The van der Waals surface area contributed by atoms with Gasteiger partial charge in [-0.05, 0) is 30.3 Å². The number of hydroxylamine groups is 1. The minimum absolute atomic E-state index is 0.138. The maximum atomic E-state index is 13.9. The molecule has 2 fully saturated rings. The lowest BCUT2D eigenvalue weighted by atomic mass is 9.89. The fourth-order valence-electron chi connectivity index (χ4n) is 5.03. The Bertz CT molecular complexity index is 1530. The number of methoxy groups -OCH3 is 3. The second-order valence-electron chi connectivity index (χ2n) is 8.81. The Morgan fingerprint density at radius 1 is 0.775 bits per heavy atom. The second-order valence-corrected chi connectivity index (χ2v) is 8.81. The molecular formula is C26H22N4O10. The van der Waals surface area contributed by atoms with Crippen LogP contribution in [0.1, 0.15) is 11.6 Å². The first-order valence-electron chi connectivity index (χ1n) is 11.8. The number of non-ortho nitro benzene ring substituents is 2. The quantitative estimate of drug-likeness (QED) is 0.229. The molecular weight excluding hydrogens is 528 g/mol. The van der Waals surface area contributed by atoms with Gasteiger partial charge in [0.25, 0.3) is 17.3 Å². The maximum Gasteiger partial charge on any atom is 0.271 e. The van der Waals surface area contributed by atoms with Gasteiger partial charge < -0.3 is 14.2 Å². The van der Waals surface area contributed by atoms with Crippen LogP contribution in [0.15, 0.2) is 60.7 Å². The molecule has 2 amide bonds. The first-order chi connectivity index (χ1) is 19.2. The molecule has 3 aromatic carbocycles. The first kappa shape index (κ1) is 26.4. The summed E-state index contributed by atoms with van der Waals surface area (Å²) in [4.78, 5) is 55.8. The highest BCUT2D eigenvalue weighted by atomic mass is 16.7. The predicted molar refractivity (Wildman–Crippen MR) is 138 cm³/mol. The van der Waals surface area contributed by atoms with Crippen molar-refractivity contribution in [2.24, 2.45) is 5.92 Å². The van der Waals surface area contributed by atoms with Gasteiger partial charge in [0, 0.05) is 29.8 Å². The molecule has 0 radical (unpaired) electrons. The van der Waals surface area contributed by atoms with E-state index in [1.165, 1.54) is 68.9 Å². The molecule has 0 saturated carbocycles. The van der Waals surface area contributed by atoms with E-state index in [-0.39, 0.29) is 34.2 Å². The lowest BCUT2D eigenvalue weighted by molar-refractivity contribution is -0.385. The van der Waals surface area contributed by atoms with Gasteiger partial charge in [0.05, 0.1) is 42.6 Å². The van der Waals surface area contributed by atoms with Crippen molar-refractivity contribution in [1.29, 1.82) is 0 Å². The van der Waals surface area contributed by atoms with Gasteiger partial charge in [-0.15, -0.1) is 0 Å². The Morgan fingerprint density at radius 3 is 2.05 bits per heavy atom. The molecule has 206 valence electrons. The van der Waals surface area contributed by atoms with E-state index in [2.05, 4.69) is 0 Å². The van der Waals surface area contributed by atoms with E-state index in [1.54, 1.807) is 18.2 Å². The maximum absolute atomic E-state index is 13.9. The number of ether oxygens (including phenoxy) is 3. The summed E-state index contributed by atoms with van der Waals surface area (Å²) in [7, 11) is 4.26. The van der Waals surface area contributed by atoms with E-state index in [4.69, 9.17) is 19.0 Å². The summed E-state index contributed by atoms with van der Waals surface area (Å²) in [6.07, 6.45) is -1.30. The number of nitrogens with zero attached hydrogens (tertiary/aromatic N) is 4. The summed E-state index contributed by atoms with van der Waals surface area (Å²) < 4.78 is 16.5. The molecule has 2 heterocycles. The number of benzene rings is 3. The molecule has 2 saturated heterocycles. The Morgan fingerprint density at radius 2 is 1.45 bits per heavy atom. The summed E-state index contributed by atoms with van der Waals surface area (Å²) in [5.41, 5.74) is 0.336. The van der Waals surface area contributed by atoms with E-state index in [0.717, 1.165) is 4.90 Å². The minimum Gasteiger partial charge on any atom is -0.493 e. The first-order valence-corrected chi connectivity index (χ1v) is 11.8. The van der Waals surface area contributed by atoms with E-state index >= 15 is 0 Å². The van der Waals surface area contributed by atoms with Crippen LogP contribution in [0, 0.1) is 26.1 Å². The summed E-state index contributed by atoms with van der Waals surface area (Å²) in [6.45, 7) is 0. The van der Waals surface area contributed by atoms with Crippen LogP contribution in [0.4, 0.5) is 22.7 Å². The largest absolute Gasteiger partial charge is 0.493 e. The Balaban J connectivity index is 1.65. The Labute approximate surface area is 226 Å². The van der Waals surface area contributed by atoms with Crippen LogP contribution in [0.25, 0.3) is 0 Å². The van der Waals surface area contributed by atoms with Crippen molar-refractivity contribution < 1.29 is 38.5 Å². The molecule has 5 rings (SSSR count). The van der Waals surface area contributed by atoms with Crippen LogP contribution >= 0.6 is 0 Å². The van der Waals surface area contributed by atoms with Crippen LogP contribution in [0.2, 0.25) is 0 Å². The van der Waals surface area contributed by atoms with E-state index < -0.39 is 39.7 Å². The van der Waals surface area contributed by atoms with Crippen molar-refractivity contribution in [1.82, 2.24) is 0 Å². The number of carbonyl (C=O) groups is 2. The standard InChI is InChI=1S/C26H22N4O10/c1-37-19-12-11-18(22(38-2)23(19)39-3)21-20-24(40-28(21)16-5-4-6-17(13-16)30(35)36)26(32)27(25(20)31)14-7-9-15(10-8-14)29(33)34/h4-13,20-21,24H,1-3H3/t20-,21-,24-/m1/s1. The fourth-order valence-corrected chi connectivity index (χ4v) is 5.03. The molecule has 3 atom stereocenters. The number of nitro groups is 2. The van der Waals surface area contributed by atoms with Crippen LogP contribution in [0.5, 0.6) is 17.2 Å². The number of amides is 2. The van der Waals surface area contributed by atoms with Crippen LogP contribution in [-0.4, -0.2) is 49.1 Å². The highest BCUT2D eigenvalue weighted by Crippen LogP contribution is 2.52. The lowest BCUT2D eigenvalue weighted by Crippen LogP contribution is -2.37. The smallest absolute Gasteiger partial charge is 0.271 e. The molecule has 14 nitrogen and oxygen atoms in total. The molecule has 0 unspecified atom stereocenters. The normalized spacial score (nSPS) is 19.9. The number of carbonyl (C=O) groups excluding carboxylic acids is 2. The Kier molecular flexibility index (Phi) is 6.69. The SMILES string of the molecule is COc1ccc([C@@H]2[C@H]3C(=O)N(c4ccc([N+](=O)[O-])cc4)C(=O)[C@@H]3ON2c2cccc([N+](=O)[O-])c2)c(OC)c1OC. The third-order valence-electron chi connectivity index (χ3n) is 6.78. The molecule has 0 N–H and O–H groups in total. The van der Waals surface area contributed by atoms with Gasteiger partial charge in [-0.2, -0.15) is 0 Å². The molecule has 0 aliphatic carbocycles. The Hall–Kier alpha value is -5.24. The van der Waals surface area contributed by atoms with Gasteiger partial charge in [-0.25, -0.2) is 9.96 Å². The molecule has 2 aliphatic rings. The number of nitro benzene ring substituents is 2. The molecule has 3 aromatic rings. The van der Waals surface area contributed by atoms with Gasteiger partial charge in [0.15, 0.2) is 17.6 Å². The summed E-state index contributed by atoms with van der Waals surface area (Å²) in [5.74, 6) is -1.65. The number of hydrogen-bond acceptors (Lipinski definition) is 11. The second kappa shape index (κ2) is 10.1. The molecule has 0 aromatic heterocycles. The van der Waals surface area contributed by atoms with Crippen molar-refractivity contribution >= 4 is 34.6 Å². The molecule has 0 bridgehead atoms. The van der Waals surface area contributed by atoms with Gasteiger partial charge in [-0.1, -0.05) is 6.07 Å². The zero-order valence-electron chi connectivity index (χ0n) is 21.4. The molecule has 40 heavy (non-hydrogen) atoms. The number of imide groups is 1. The lowest BCUT2D eigenvalue weighted by Gasteiger charge is -2.30. The number of hydrogen-bond donors (Lipinski definition) is 0. The number of fused-ring (bicyclic) bond motifs is 1. The summed E-state index contributed by atoms with van der Waals surface area (Å²) in [5, 5.41) is 23.8. The third-order valence-corrected chi connectivity index (χ3v) is 6.78. The highest BCUT2D eigenvalue weighted by molar-refractivity contribution is 6.24. The molecule has 0 spiro atoms.